The van der Waals surface area contributed by atoms with E-state index in [1.807, 2.05) is 49.4 Å². The van der Waals surface area contributed by atoms with Crippen molar-refractivity contribution in [3.8, 4) is 17.2 Å². The molecule has 2 rings (SSSR count). The number of amides is 1. The Morgan fingerprint density at radius 2 is 1.63 bits per heavy atom. The first-order valence-electron chi connectivity index (χ1n) is 8.99. The van der Waals surface area contributed by atoms with Gasteiger partial charge in [-0.15, -0.1) is 0 Å². The molecule has 0 bridgehead atoms. The maximum atomic E-state index is 12.2. The lowest BCUT2D eigenvalue weighted by molar-refractivity contribution is -0.123. The van der Waals surface area contributed by atoms with Crippen molar-refractivity contribution in [2.45, 2.75) is 39.2 Å². The number of hydrogen-bond donors (Lipinski definition) is 1. The molecule has 1 N–H and O–H groups in total. The highest BCUT2D eigenvalue weighted by Crippen LogP contribution is 2.30. The van der Waals surface area contributed by atoms with Crippen LogP contribution in [-0.4, -0.2) is 26.7 Å². The zero-order valence-electron chi connectivity index (χ0n) is 17.0. The van der Waals surface area contributed by atoms with E-state index < -0.39 is 0 Å². The van der Waals surface area contributed by atoms with Crippen molar-refractivity contribution in [2.75, 3.05) is 20.8 Å². The van der Waals surface area contributed by atoms with Crippen LogP contribution in [0.1, 0.15) is 44.9 Å². The van der Waals surface area contributed by atoms with Crippen molar-refractivity contribution in [3.05, 3.63) is 53.6 Å². The van der Waals surface area contributed by atoms with Gasteiger partial charge in [0.1, 0.15) is 5.75 Å². The molecule has 5 heteroatoms. The fourth-order valence-electron chi connectivity index (χ4n) is 2.69. The summed E-state index contributed by atoms with van der Waals surface area (Å²) in [5, 5.41) is 2.93. The topological polar surface area (TPSA) is 56.8 Å². The summed E-state index contributed by atoms with van der Waals surface area (Å²) in [5.74, 6) is 1.78. The summed E-state index contributed by atoms with van der Waals surface area (Å²) in [6, 6.07) is 13.2. The molecule has 0 aliphatic heterocycles. The first kappa shape index (κ1) is 20.6. The van der Waals surface area contributed by atoms with Crippen LogP contribution in [0, 0.1) is 0 Å². The molecule has 2 aromatic rings. The lowest BCUT2D eigenvalue weighted by atomic mass is 9.87. The number of benzene rings is 2. The summed E-state index contributed by atoms with van der Waals surface area (Å²) < 4.78 is 16.1. The fraction of sp³-hybridized carbons (Fsp3) is 0.409. The van der Waals surface area contributed by atoms with Gasteiger partial charge in [-0.25, -0.2) is 0 Å². The summed E-state index contributed by atoms with van der Waals surface area (Å²) >= 11 is 0. The fourth-order valence-corrected chi connectivity index (χ4v) is 2.69. The van der Waals surface area contributed by atoms with Gasteiger partial charge in [-0.3, -0.25) is 4.79 Å². The molecule has 0 saturated carbocycles. The second kappa shape index (κ2) is 8.80. The lowest BCUT2D eigenvalue weighted by Gasteiger charge is -2.19. The van der Waals surface area contributed by atoms with Gasteiger partial charge >= 0.3 is 0 Å². The summed E-state index contributed by atoms with van der Waals surface area (Å²) in [6.07, 6.45) is 0. The van der Waals surface area contributed by atoms with Crippen molar-refractivity contribution in [2.24, 2.45) is 0 Å². The van der Waals surface area contributed by atoms with Gasteiger partial charge in [-0.05, 0) is 47.7 Å². The minimum atomic E-state index is -0.183. The molecule has 0 unspecified atom stereocenters. The van der Waals surface area contributed by atoms with Gasteiger partial charge in [0.05, 0.1) is 20.3 Å². The van der Waals surface area contributed by atoms with E-state index in [-0.39, 0.29) is 24.0 Å². The molecule has 1 atom stereocenters. The third-order valence-electron chi connectivity index (χ3n) is 4.38. The number of hydrogen-bond acceptors (Lipinski definition) is 4. The molecule has 27 heavy (non-hydrogen) atoms. The Labute approximate surface area is 161 Å². The average Bonchev–Trinajstić information content (AvgIpc) is 2.65. The minimum absolute atomic E-state index is 0.0352. The molecule has 0 aromatic heterocycles. The van der Waals surface area contributed by atoms with Crippen molar-refractivity contribution in [1.29, 1.82) is 0 Å². The highest BCUT2D eigenvalue weighted by atomic mass is 16.5. The number of rotatable bonds is 7. The Hall–Kier alpha value is -2.69. The maximum absolute atomic E-state index is 12.2. The van der Waals surface area contributed by atoms with Gasteiger partial charge in [-0.2, -0.15) is 0 Å². The molecule has 0 aliphatic rings. The van der Waals surface area contributed by atoms with Crippen LogP contribution in [-0.2, 0) is 10.2 Å². The Balaban J connectivity index is 1.91. The van der Waals surface area contributed by atoms with E-state index in [2.05, 4.69) is 26.1 Å². The van der Waals surface area contributed by atoms with E-state index in [9.17, 15) is 4.79 Å². The van der Waals surface area contributed by atoms with Crippen LogP contribution < -0.4 is 19.5 Å². The Morgan fingerprint density at radius 1 is 1.00 bits per heavy atom. The van der Waals surface area contributed by atoms with Crippen LogP contribution in [0.4, 0.5) is 0 Å². The second-order valence-electron chi connectivity index (χ2n) is 7.47. The Bertz CT molecular complexity index is 763. The summed E-state index contributed by atoms with van der Waals surface area (Å²) in [4.78, 5) is 12.2. The van der Waals surface area contributed by atoms with Crippen LogP contribution in [0.2, 0.25) is 0 Å². The van der Waals surface area contributed by atoms with E-state index in [1.54, 1.807) is 14.2 Å². The average molecular weight is 371 g/mol. The second-order valence-corrected chi connectivity index (χ2v) is 7.47. The summed E-state index contributed by atoms with van der Waals surface area (Å²) in [6.45, 7) is 8.35. The van der Waals surface area contributed by atoms with E-state index in [4.69, 9.17) is 14.2 Å². The van der Waals surface area contributed by atoms with Gasteiger partial charge in [0, 0.05) is 0 Å². The highest BCUT2D eigenvalue weighted by Gasteiger charge is 2.15. The summed E-state index contributed by atoms with van der Waals surface area (Å²) in [5.41, 5.74) is 2.24. The lowest BCUT2D eigenvalue weighted by Crippen LogP contribution is -2.31. The van der Waals surface area contributed by atoms with E-state index in [0.29, 0.717) is 17.2 Å². The molecule has 0 saturated heterocycles. The molecular weight excluding hydrogens is 342 g/mol. The number of ether oxygens (including phenoxy) is 3. The first-order valence-corrected chi connectivity index (χ1v) is 8.99. The maximum Gasteiger partial charge on any atom is 0.258 e. The molecule has 2 aromatic carbocycles. The van der Waals surface area contributed by atoms with Crippen molar-refractivity contribution < 1.29 is 19.0 Å². The smallest absolute Gasteiger partial charge is 0.258 e. The third-order valence-corrected chi connectivity index (χ3v) is 4.38. The van der Waals surface area contributed by atoms with E-state index in [1.165, 1.54) is 5.56 Å². The van der Waals surface area contributed by atoms with Gasteiger partial charge < -0.3 is 19.5 Å². The minimum Gasteiger partial charge on any atom is -0.493 e. The molecule has 0 spiro atoms. The van der Waals surface area contributed by atoms with Crippen molar-refractivity contribution in [3.63, 3.8) is 0 Å². The molecule has 0 fully saturated rings. The molecular formula is C22H29NO4. The molecule has 1 amide bonds. The number of carbonyl (C=O) groups is 1. The monoisotopic (exact) mass is 371 g/mol. The van der Waals surface area contributed by atoms with Crippen molar-refractivity contribution in [1.82, 2.24) is 5.32 Å². The van der Waals surface area contributed by atoms with Gasteiger partial charge in [0.2, 0.25) is 0 Å². The molecule has 0 aliphatic carbocycles. The summed E-state index contributed by atoms with van der Waals surface area (Å²) in [7, 11) is 3.18. The SMILES string of the molecule is COc1ccc([C@H](C)NC(=O)COc2ccc(C(C)(C)C)cc2)cc1OC. The zero-order valence-corrected chi connectivity index (χ0v) is 17.0. The van der Waals surface area contributed by atoms with Crippen LogP contribution in [0.15, 0.2) is 42.5 Å². The Kier molecular flexibility index (Phi) is 6.72. The van der Waals surface area contributed by atoms with Gasteiger partial charge in [0.25, 0.3) is 5.91 Å². The van der Waals surface area contributed by atoms with E-state index >= 15 is 0 Å². The first-order chi connectivity index (χ1) is 12.7. The van der Waals surface area contributed by atoms with E-state index in [0.717, 1.165) is 5.56 Å². The van der Waals surface area contributed by atoms with Crippen LogP contribution in [0.3, 0.4) is 0 Å². The van der Waals surface area contributed by atoms with Crippen LogP contribution in [0.5, 0.6) is 17.2 Å². The highest BCUT2D eigenvalue weighted by molar-refractivity contribution is 5.78. The Morgan fingerprint density at radius 3 is 2.19 bits per heavy atom. The van der Waals surface area contributed by atoms with Crippen LogP contribution >= 0.6 is 0 Å². The number of carbonyl (C=O) groups excluding carboxylic acids is 1. The number of nitrogens with one attached hydrogen (secondary N) is 1. The molecule has 5 nitrogen and oxygen atoms in total. The molecule has 0 radical (unpaired) electrons. The van der Waals surface area contributed by atoms with Gasteiger partial charge in [0.15, 0.2) is 18.1 Å². The largest absolute Gasteiger partial charge is 0.493 e. The normalized spacial score (nSPS) is 12.2. The predicted molar refractivity (Wildman–Crippen MR) is 107 cm³/mol. The predicted octanol–water partition coefficient (Wildman–Crippen LogP) is 4.26. The molecule has 0 heterocycles. The van der Waals surface area contributed by atoms with Gasteiger partial charge in [-0.1, -0.05) is 39.0 Å². The van der Waals surface area contributed by atoms with Crippen molar-refractivity contribution >= 4 is 5.91 Å². The quantitative estimate of drug-likeness (QED) is 0.790. The standard InChI is InChI=1S/C22H29NO4/c1-15(16-7-12-19(25-5)20(13-16)26-6)23-21(24)14-27-18-10-8-17(9-11-18)22(2,3)4/h7-13,15H,14H2,1-6H3,(H,23,24)/t15-/m0/s1. The third kappa shape index (κ3) is 5.64. The van der Waals surface area contributed by atoms with Crippen LogP contribution in [0.25, 0.3) is 0 Å². The molecule has 146 valence electrons. The zero-order chi connectivity index (χ0) is 20.0. The number of methoxy groups -OCH3 is 2.